The minimum Gasteiger partial charge on any atom is -0.448 e. The van der Waals surface area contributed by atoms with Crippen molar-refractivity contribution in [1.82, 2.24) is 4.72 Å². The van der Waals surface area contributed by atoms with Gasteiger partial charge < -0.3 is 4.74 Å². The van der Waals surface area contributed by atoms with Gasteiger partial charge in [-0.1, -0.05) is 50.3 Å². The number of hydrogen-bond donors (Lipinski definition) is 1. The lowest BCUT2D eigenvalue weighted by molar-refractivity contribution is -0.146. The number of esters is 1. The monoisotopic (exact) mass is 351 g/mol. The maximum Gasteiger partial charge on any atom is 0.322 e. The summed E-state index contributed by atoms with van der Waals surface area (Å²) in [4.78, 5) is 12.0. The van der Waals surface area contributed by atoms with Crippen LogP contribution < -0.4 is 4.72 Å². The minimum absolute atomic E-state index is 0.0343. The molecule has 0 spiro atoms. The third-order valence-electron chi connectivity index (χ3n) is 3.22. The Labute approximate surface area is 144 Å². The van der Waals surface area contributed by atoms with Crippen LogP contribution in [0.25, 0.3) is 0 Å². The summed E-state index contributed by atoms with van der Waals surface area (Å²) in [5.41, 5.74) is 0.957. The first-order valence-electron chi connectivity index (χ1n) is 8.00. The van der Waals surface area contributed by atoms with Gasteiger partial charge in [0.05, 0.1) is 4.90 Å². The summed E-state index contributed by atoms with van der Waals surface area (Å²) < 4.78 is 31.8. The van der Waals surface area contributed by atoms with Crippen molar-refractivity contribution in [3.8, 4) is 11.8 Å². The highest BCUT2D eigenvalue weighted by atomic mass is 32.2. The van der Waals surface area contributed by atoms with Crippen LogP contribution in [0, 0.1) is 24.7 Å². The van der Waals surface area contributed by atoms with Crippen LogP contribution in [0.5, 0.6) is 0 Å². The van der Waals surface area contributed by atoms with E-state index in [0.717, 1.165) is 18.4 Å². The van der Waals surface area contributed by atoms with Crippen molar-refractivity contribution in [2.75, 3.05) is 6.54 Å². The van der Waals surface area contributed by atoms with Crippen LogP contribution in [-0.2, 0) is 19.6 Å². The number of sulfonamides is 1. The van der Waals surface area contributed by atoms with Gasteiger partial charge in [0.2, 0.25) is 10.0 Å². The lowest BCUT2D eigenvalue weighted by Crippen LogP contribution is -2.33. The molecule has 0 saturated carbocycles. The highest BCUT2D eigenvalue weighted by Crippen LogP contribution is 2.10. The van der Waals surface area contributed by atoms with Gasteiger partial charge in [0.1, 0.15) is 6.54 Å². The number of carbonyl (C=O) groups is 1. The predicted molar refractivity (Wildman–Crippen MR) is 93.8 cm³/mol. The van der Waals surface area contributed by atoms with Crippen molar-refractivity contribution in [3.63, 3.8) is 0 Å². The molecule has 1 atom stereocenters. The van der Waals surface area contributed by atoms with Gasteiger partial charge >= 0.3 is 5.97 Å². The Kier molecular flexibility index (Phi) is 7.96. The molecule has 0 saturated heterocycles. The second-order valence-corrected chi connectivity index (χ2v) is 7.63. The maximum atomic E-state index is 12.1. The van der Waals surface area contributed by atoms with Crippen LogP contribution in [0.15, 0.2) is 29.2 Å². The Balaban J connectivity index is 2.64. The Bertz CT molecular complexity index is 697. The van der Waals surface area contributed by atoms with Gasteiger partial charge in [0.25, 0.3) is 0 Å². The Hall–Kier alpha value is -1.84. The third kappa shape index (κ3) is 6.73. The number of rotatable bonds is 7. The molecular formula is C18H25NO4S. The van der Waals surface area contributed by atoms with E-state index in [9.17, 15) is 13.2 Å². The highest BCUT2D eigenvalue weighted by molar-refractivity contribution is 7.89. The maximum absolute atomic E-state index is 12.1. The first kappa shape index (κ1) is 20.2. The minimum atomic E-state index is -3.74. The van der Waals surface area contributed by atoms with E-state index in [-0.39, 0.29) is 10.8 Å². The SMILES string of the molecule is CCCC#CC(OC(=O)CNS(=O)(=O)c1ccc(C)cc1)C(C)C. The molecule has 0 bridgehead atoms. The summed E-state index contributed by atoms with van der Waals surface area (Å²) in [6.45, 7) is 7.26. The van der Waals surface area contributed by atoms with Crippen molar-refractivity contribution < 1.29 is 17.9 Å². The number of aryl methyl sites for hydroxylation is 1. The molecular weight excluding hydrogens is 326 g/mol. The highest BCUT2D eigenvalue weighted by Gasteiger charge is 2.19. The molecule has 0 heterocycles. The lowest BCUT2D eigenvalue weighted by Gasteiger charge is -2.16. The number of ether oxygens (including phenoxy) is 1. The summed E-state index contributed by atoms with van der Waals surface area (Å²) in [5, 5.41) is 0. The van der Waals surface area contributed by atoms with E-state index in [1.165, 1.54) is 12.1 Å². The molecule has 132 valence electrons. The number of nitrogens with one attached hydrogen (secondary N) is 1. The van der Waals surface area contributed by atoms with Crippen LogP contribution >= 0.6 is 0 Å². The molecule has 1 rings (SSSR count). The molecule has 0 aliphatic heterocycles. The molecule has 0 aliphatic rings. The van der Waals surface area contributed by atoms with Gasteiger partial charge in [-0.3, -0.25) is 4.79 Å². The number of hydrogen-bond acceptors (Lipinski definition) is 4. The average molecular weight is 351 g/mol. The molecule has 1 aromatic rings. The summed E-state index contributed by atoms with van der Waals surface area (Å²) in [7, 11) is -3.74. The number of carbonyl (C=O) groups excluding carboxylic acids is 1. The quantitative estimate of drug-likeness (QED) is 0.605. The zero-order chi connectivity index (χ0) is 18.2. The van der Waals surface area contributed by atoms with Crippen molar-refractivity contribution in [1.29, 1.82) is 0 Å². The molecule has 0 amide bonds. The predicted octanol–water partition coefficient (Wildman–Crippen LogP) is 2.64. The van der Waals surface area contributed by atoms with E-state index in [2.05, 4.69) is 16.6 Å². The molecule has 0 fully saturated rings. The van der Waals surface area contributed by atoms with Gasteiger partial charge in [-0.25, -0.2) is 8.42 Å². The molecule has 1 N–H and O–H groups in total. The largest absolute Gasteiger partial charge is 0.448 e. The topological polar surface area (TPSA) is 72.5 Å². The van der Waals surface area contributed by atoms with Gasteiger partial charge in [0.15, 0.2) is 6.10 Å². The Morgan fingerprint density at radius 3 is 2.42 bits per heavy atom. The zero-order valence-corrected chi connectivity index (χ0v) is 15.4. The van der Waals surface area contributed by atoms with Crippen molar-refractivity contribution in [2.24, 2.45) is 5.92 Å². The van der Waals surface area contributed by atoms with E-state index < -0.39 is 28.6 Å². The number of unbranched alkanes of at least 4 members (excludes halogenated alkanes) is 1. The van der Waals surface area contributed by atoms with Crippen molar-refractivity contribution in [2.45, 2.75) is 51.5 Å². The first-order chi connectivity index (χ1) is 11.3. The summed E-state index contributed by atoms with van der Waals surface area (Å²) >= 11 is 0. The lowest BCUT2D eigenvalue weighted by atomic mass is 10.1. The Morgan fingerprint density at radius 1 is 1.25 bits per heavy atom. The standard InChI is InChI=1S/C18H25NO4S/c1-5-6-7-8-17(14(2)3)23-18(20)13-19-24(21,22)16-11-9-15(4)10-12-16/h9-12,14,17,19H,5-6,13H2,1-4H3. The van der Waals surface area contributed by atoms with Crippen LogP contribution in [-0.4, -0.2) is 27.0 Å². The third-order valence-corrected chi connectivity index (χ3v) is 4.64. The van der Waals surface area contributed by atoms with Gasteiger partial charge in [0, 0.05) is 12.3 Å². The van der Waals surface area contributed by atoms with E-state index in [1.54, 1.807) is 12.1 Å². The van der Waals surface area contributed by atoms with Crippen LogP contribution in [0.1, 0.15) is 39.2 Å². The van der Waals surface area contributed by atoms with Gasteiger partial charge in [-0.05, 0) is 25.5 Å². The van der Waals surface area contributed by atoms with Crippen LogP contribution in [0.4, 0.5) is 0 Å². The Morgan fingerprint density at radius 2 is 1.88 bits per heavy atom. The molecule has 6 heteroatoms. The van der Waals surface area contributed by atoms with Gasteiger partial charge in [-0.15, -0.1) is 0 Å². The van der Waals surface area contributed by atoms with E-state index in [4.69, 9.17) is 4.74 Å². The second kappa shape index (κ2) is 9.45. The van der Waals surface area contributed by atoms with E-state index in [0.29, 0.717) is 0 Å². The van der Waals surface area contributed by atoms with Crippen LogP contribution in [0.2, 0.25) is 0 Å². The molecule has 24 heavy (non-hydrogen) atoms. The fraction of sp³-hybridized carbons (Fsp3) is 0.500. The second-order valence-electron chi connectivity index (χ2n) is 5.86. The smallest absolute Gasteiger partial charge is 0.322 e. The summed E-state index contributed by atoms with van der Waals surface area (Å²) in [6, 6.07) is 6.39. The molecule has 0 aromatic heterocycles. The molecule has 1 aromatic carbocycles. The van der Waals surface area contributed by atoms with E-state index >= 15 is 0 Å². The average Bonchev–Trinajstić information content (AvgIpc) is 2.52. The molecule has 1 unspecified atom stereocenters. The molecule has 5 nitrogen and oxygen atoms in total. The zero-order valence-electron chi connectivity index (χ0n) is 14.6. The first-order valence-corrected chi connectivity index (χ1v) is 9.48. The van der Waals surface area contributed by atoms with Crippen molar-refractivity contribution >= 4 is 16.0 Å². The van der Waals surface area contributed by atoms with Gasteiger partial charge in [-0.2, -0.15) is 4.72 Å². The van der Waals surface area contributed by atoms with E-state index in [1.807, 2.05) is 27.7 Å². The number of benzene rings is 1. The normalized spacial score (nSPS) is 12.4. The molecule has 0 radical (unpaired) electrons. The fourth-order valence-electron chi connectivity index (χ4n) is 1.77. The molecule has 0 aliphatic carbocycles. The van der Waals surface area contributed by atoms with Crippen LogP contribution in [0.3, 0.4) is 0 Å². The van der Waals surface area contributed by atoms with Crippen molar-refractivity contribution in [3.05, 3.63) is 29.8 Å². The summed E-state index contributed by atoms with van der Waals surface area (Å²) in [5.74, 6) is 5.27. The fourth-order valence-corrected chi connectivity index (χ4v) is 2.74. The summed E-state index contributed by atoms with van der Waals surface area (Å²) in [6.07, 6.45) is 1.14.